The van der Waals surface area contributed by atoms with Gasteiger partial charge in [-0.15, -0.1) is 0 Å². The largest absolute Gasteiger partial charge is 0.361 e. The van der Waals surface area contributed by atoms with Crippen molar-refractivity contribution in [3.8, 4) is 0 Å². The van der Waals surface area contributed by atoms with Gasteiger partial charge in [0.05, 0.1) is 0 Å². The van der Waals surface area contributed by atoms with Crippen LogP contribution in [-0.2, 0) is 6.42 Å². The number of allylic oxidation sites excluding steroid dienone is 1. The smallest absolute Gasteiger partial charge is 0.0456 e. The highest BCUT2D eigenvalue weighted by Gasteiger charge is 2.19. The molecule has 1 unspecified atom stereocenters. The highest BCUT2D eigenvalue weighted by molar-refractivity contribution is 5.83. The second-order valence-corrected chi connectivity index (χ2v) is 5.72. The minimum Gasteiger partial charge on any atom is -0.361 e. The Morgan fingerprint density at radius 3 is 2.90 bits per heavy atom. The summed E-state index contributed by atoms with van der Waals surface area (Å²) < 4.78 is 0. The van der Waals surface area contributed by atoms with Gasteiger partial charge in [-0.2, -0.15) is 0 Å². The summed E-state index contributed by atoms with van der Waals surface area (Å²) in [5.41, 5.74) is 6.82. The van der Waals surface area contributed by atoms with Gasteiger partial charge in [-0.05, 0) is 41.2 Å². The van der Waals surface area contributed by atoms with Crippen LogP contribution in [0.15, 0.2) is 42.7 Å². The predicted molar refractivity (Wildman–Crippen MR) is 84.0 cm³/mol. The summed E-state index contributed by atoms with van der Waals surface area (Å²) in [5.74, 6) is 0.612. The minimum atomic E-state index is 0.612. The standard InChI is InChI=1S/C18H18N2/c1-12-5-4-8-17-18(12)14(11-20-17)9-13-10-19-16-7-3-2-6-15(13)16/h2-4,6-8,10-12,19-20H,5,9H2,1H3. The van der Waals surface area contributed by atoms with Crippen molar-refractivity contribution in [3.05, 3.63) is 65.1 Å². The summed E-state index contributed by atoms with van der Waals surface area (Å²) >= 11 is 0. The average molecular weight is 262 g/mol. The molecular weight excluding hydrogens is 244 g/mol. The molecule has 0 fully saturated rings. The van der Waals surface area contributed by atoms with Crippen LogP contribution in [0.2, 0.25) is 0 Å². The van der Waals surface area contributed by atoms with E-state index in [4.69, 9.17) is 0 Å². The number of H-pyrrole nitrogens is 2. The maximum Gasteiger partial charge on any atom is 0.0456 e. The van der Waals surface area contributed by atoms with E-state index in [1.165, 1.54) is 33.3 Å². The van der Waals surface area contributed by atoms with E-state index >= 15 is 0 Å². The molecule has 0 bridgehead atoms. The molecule has 1 aromatic carbocycles. The Labute approximate surface area is 118 Å². The Bertz CT molecular complexity index is 789. The molecule has 0 aliphatic heterocycles. The predicted octanol–water partition coefficient (Wildman–Crippen LogP) is 4.61. The molecule has 4 rings (SSSR count). The van der Waals surface area contributed by atoms with Gasteiger partial charge in [-0.1, -0.05) is 31.2 Å². The van der Waals surface area contributed by atoms with E-state index in [0.29, 0.717) is 5.92 Å². The van der Waals surface area contributed by atoms with Gasteiger partial charge in [0, 0.05) is 35.4 Å². The number of hydrogen-bond donors (Lipinski definition) is 2. The van der Waals surface area contributed by atoms with Crippen molar-refractivity contribution in [2.24, 2.45) is 0 Å². The molecule has 1 atom stereocenters. The van der Waals surface area contributed by atoms with Crippen LogP contribution in [0, 0.1) is 0 Å². The summed E-state index contributed by atoms with van der Waals surface area (Å²) in [7, 11) is 0. The molecule has 0 saturated carbocycles. The number of benzene rings is 1. The molecule has 2 heterocycles. The SMILES string of the molecule is CC1CC=Cc2[nH]cc(Cc3c[nH]c4ccccc34)c21. The van der Waals surface area contributed by atoms with Crippen LogP contribution < -0.4 is 0 Å². The molecule has 2 heteroatoms. The molecule has 0 radical (unpaired) electrons. The van der Waals surface area contributed by atoms with E-state index < -0.39 is 0 Å². The van der Waals surface area contributed by atoms with Crippen molar-refractivity contribution in [3.63, 3.8) is 0 Å². The monoisotopic (exact) mass is 262 g/mol. The van der Waals surface area contributed by atoms with Crippen LogP contribution in [0.4, 0.5) is 0 Å². The third-order valence-electron chi connectivity index (χ3n) is 4.36. The fourth-order valence-corrected chi connectivity index (χ4v) is 3.35. The van der Waals surface area contributed by atoms with Crippen LogP contribution in [0.25, 0.3) is 17.0 Å². The second-order valence-electron chi connectivity index (χ2n) is 5.72. The second kappa shape index (κ2) is 4.41. The maximum absolute atomic E-state index is 3.42. The Kier molecular flexibility index (Phi) is 2.56. The number of hydrogen-bond acceptors (Lipinski definition) is 0. The Balaban J connectivity index is 1.77. The van der Waals surface area contributed by atoms with E-state index in [0.717, 1.165) is 12.8 Å². The summed E-state index contributed by atoms with van der Waals surface area (Å²) in [6.07, 6.45) is 10.9. The van der Waals surface area contributed by atoms with Crippen LogP contribution in [-0.4, -0.2) is 9.97 Å². The van der Waals surface area contributed by atoms with Gasteiger partial charge in [0.1, 0.15) is 0 Å². The molecule has 1 aliphatic rings. The maximum atomic E-state index is 3.42. The molecule has 0 spiro atoms. The molecule has 20 heavy (non-hydrogen) atoms. The Morgan fingerprint density at radius 2 is 1.95 bits per heavy atom. The number of aromatic amines is 2. The van der Waals surface area contributed by atoms with Crippen molar-refractivity contribution >= 4 is 17.0 Å². The zero-order valence-corrected chi connectivity index (χ0v) is 11.6. The lowest BCUT2D eigenvalue weighted by atomic mass is 9.88. The number of rotatable bonds is 2. The van der Waals surface area contributed by atoms with Gasteiger partial charge >= 0.3 is 0 Å². The first kappa shape index (κ1) is 11.6. The van der Waals surface area contributed by atoms with Crippen LogP contribution in [0.1, 0.15) is 41.6 Å². The van der Waals surface area contributed by atoms with Crippen molar-refractivity contribution in [2.45, 2.75) is 25.7 Å². The topological polar surface area (TPSA) is 31.6 Å². The van der Waals surface area contributed by atoms with Crippen LogP contribution >= 0.6 is 0 Å². The first-order valence-electron chi connectivity index (χ1n) is 7.24. The highest BCUT2D eigenvalue weighted by atomic mass is 14.7. The van der Waals surface area contributed by atoms with Gasteiger partial charge in [-0.3, -0.25) is 0 Å². The molecule has 1 aliphatic carbocycles. The fourth-order valence-electron chi connectivity index (χ4n) is 3.35. The van der Waals surface area contributed by atoms with Gasteiger partial charge in [0.25, 0.3) is 0 Å². The summed E-state index contributed by atoms with van der Waals surface area (Å²) in [5, 5.41) is 1.33. The molecule has 2 aromatic heterocycles. The molecule has 2 N–H and O–H groups in total. The van der Waals surface area contributed by atoms with Crippen molar-refractivity contribution in [2.75, 3.05) is 0 Å². The first-order chi connectivity index (χ1) is 9.83. The third-order valence-corrected chi connectivity index (χ3v) is 4.36. The summed E-state index contributed by atoms with van der Waals surface area (Å²) in [6.45, 7) is 2.31. The van der Waals surface area contributed by atoms with E-state index in [1.54, 1.807) is 0 Å². The third kappa shape index (κ3) is 1.72. The average Bonchev–Trinajstić information content (AvgIpc) is 3.06. The zero-order chi connectivity index (χ0) is 13.5. The van der Waals surface area contributed by atoms with Crippen molar-refractivity contribution in [1.29, 1.82) is 0 Å². The fraction of sp³-hybridized carbons (Fsp3) is 0.222. The number of fused-ring (bicyclic) bond motifs is 2. The van der Waals surface area contributed by atoms with E-state index in [2.05, 4.69) is 65.7 Å². The summed E-state index contributed by atoms with van der Waals surface area (Å²) in [6, 6.07) is 8.52. The lowest BCUT2D eigenvalue weighted by molar-refractivity contribution is 0.763. The molecule has 100 valence electrons. The zero-order valence-electron chi connectivity index (χ0n) is 11.6. The molecule has 3 aromatic rings. The normalized spacial score (nSPS) is 17.6. The molecule has 0 saturated heterocycles. The van der Waals surface area contributed by atoms with Crippen LogP contribution in [0.5, 0.6) is 0 Å². The number of para-hydroxylation sites is 1. The van der Waals surface area contributed by atoms with Gasteiger partial charge in [-0.25, -0.2) is 0 Å². The number of aromatic nitrogens is 2. The van der Waals surface area contributed by atoms with E-state index in [9.17, 15) is 0 Å². The Morgan fingerprint density at radius 1 is 1.10 bits per heavy atom. The molecular formula is C18H18N2. The van der Waals surface area contributed by atoms with Gasteiger partial charge in [0.15, 0.2) is 0 Å². The highest BCUT2D eigenvalue weighted by Crippen LogP contribution is 2.33. The minimum absolute atomic E-state index is 0.612. The molecule has 0 amide bonds. The summed E-state index contributed by atoms with van der Waals surface area (Å²) in [4.78, 5) is 6.79. The van der Waals surface area contributed by atoms with E-state index in [-0.39, 0.29) is 0 Å². The Hall–Kier alpha value is -2.22. The molecule has 2 nitrogen and oxygen atoms in total. The van der Waals surface area contributed by atoms with Crippen LogP contribution in [0.3, 0.4) is 0 Å². The van der Waals surface area contributed by atoms with E-state index in [1.807, 2.05) is 0 Å². The van der Waals surface area contributed by atoms with Crippen molar-refractivity contribution in [1.82, 2.24) is 9.97 Å². The quantitative estimate of drug-likeness (QED) is 0.676. The van der Waals surface area contributed by atoms with Crippen molar-refractivity contribution < 1.29 is 0 Å². The number of nitrogens with one attached hydrogen (secondary N) is 2. The van der Waals surface area contributed by atoms with Gasteiger partial charge in [0.2, 0.25) is 0 Å². The lowest BCUT2D eigenvalue weighted by Crippen LogP contribution is -2.01. The lowest BCUT2D eigenvalue weighted by Gasteiger charge is -2.16. The first-order valence-corrected chi connectivity index (χ1v) is 7.24. The van der Waals surface area contributed by atoms with Gasteiger partial charge < -0.3 is 9.97 Å².